The Labute approximate surface area is 284 Å². The van der Waals surface area contributed by atoms with Crippen molar-refractivity contribution in [2.24, 2.45) is 0 Å². The predicted octanol–water partition coefficient (Wildman–Crippen LogP) is 12.2. The molecule has 0 spiro atoms. The van der Waals surface area contributed by atoms with Crippen molar-refractivity contribution in [2.75, 3.05) is 0 Å². The first kappa shape index (κ1) is 27.5. The number of hydrogen-bond donors (Lipinski definition) is 0. The number of benzene rings is 7. The fourth-order valence-electron chi connectivity index (χ4n) is 7.86. The van der Waals surface area contributed by atoms with Crippen molar-refractivity contribution in [3.63, 3.8) is 0 Å². The molecular weight excluding hydrogens is 593 g/mol. The zero-order chi connectivity index (χ0) is 32.3. The van der Waals surface area contributed by atoms with Crippen LogP contribution in [0.25, 0.3) is 88.0 Å². The van der Waals surface area contributed by atoms with Crippen LogP contribution in [-0.2, 0) is 0 Å². The second kappa shape index (κ2) is 11.0. The molecule has 10 rings (SSSR count). The first-order valence-corrected chi connectivity index (χ1v) is 16.8. The van der Waals surface area contributed by atoms with Gasteiger partial charge >= 0.3 is 0 Å². The minimum absolute atomic E-state index is 0.748. The summed E-state index contributed by atoms with van der Waals surface area (Å²) in [6.45, 7) is 0. The van der Waals surface area contributed by atoms with Crippen molar-refractivity contribution >= 4 is 60.1 Å². The van der Waals surface area contributed by atoms with Gasteiger partial charge < -0.3 is 9.13 Å². The van der Waals surface area contributed by atoms with Crippen LogP contribution in [0.1, 0.15) is 6.42 Å². The largest absolute Gasteiger partial charge is 0.309 e. The van der Waals surface area contributed by atoms with Crippen molar-refractivity contribution in [1.82, 2.24) is 9.13 Å². The molecule has 0 unspecified atom stereocenters. The topological polar surface area (TPSA) is 9.86 Å². The molecule has 1 aliphatic carbocycles. The molecule has 228 valence electrons. The lowest BCUT2D eigenvalue weighted by Crippen LogP contribution is -1.97. The summed E-state index contributed by atoms with van der Waals surface area (Å²) >= 11 is 0. The second-order valence-electron chi connectivity index (χ2n) is 12.7. The summed E-state index contributed by atoms with van der Waals surface area (Å²) in [4.78, 5) is 0. The summed E-state index contributed by atoms with van der Waals surface area (Å²) in [5.41, 5.74) is 11.7. The molecule has 0 amide bonds. The molecule has 1 aliphatic rings. The van der Waals surface area contributed by atoms with Crippen molar-refractivity contribution in [3.05, 3.63) is 170 Å². The van der Waals surface area contributed by atoms with Crippen LogP contribution in [0, 0.1) is 11.8 Å². The Hall–Kier alpha value is -6.56. The first-order chi connectivity index (χ1) is 24.3. The number of aromatic nitrogens is 2. The molecule has 7 aromatic carbocycles. The SMILES string of the molecule is C1#CC(n2c3ccc4ccccc4c3c3cccc(-c4cccc5c4c4ccccc4n5-c4ccc(-c5ccccc5)cc4)c32)=CC=CC1. The molecule has 0 aliphatic heterocycles. The molecule has 0 fully saturated rings. The van der Waals surface area contributed by atoms with Crippen molar-refractivity contribution in [2.45, 2.75) is 6.42 Å². The summed E-state index contributed by atoms with van der Waals surface area (Å²) in [5, 5.41) is 7.48. The van der Waals surface area contributed by atoms with E-state index in [1.165, 1.54) is 76.6 Å². The highest BCUT2D eigenvalue weighted by Crippen LogP contribution is 2.45. The molecule has 2 nitrogen and oxygen atoms in total. The molecule has 0 saturated carbocycles. The van der Waals surface area contributed by atoms with Gasteiger partial charge in [0.2, 0.25) is 0 Å². The Morgan fingerprint density at radius 1 is 0.469 bits per heavy atom. The van der Waals surface area contributed by atoms with Crippen LogP contribution in [0.4, 0.5) is 0 Å². The Morgan fingerprint density at radius 3 is 2.06 bits per heavy atom. The zero-order valence-electron chi connectivity index (χ0n) is 26.8. The van der Waals surface area contributed by atoms with Gasteiger partial charge in [0.1, 0.15) is 0 Å². The van der Waals surface area contributed by atoms with Gasteiger partial charge in [-0.15, -0.1) is 0 Å². The molecule has 0 atom stereocenters. The van der Waals surface area contributed by atoms with E-state index >= 15 is 0 Å². The molecule has 0 N–H and O–H groups in total. The van der Waals surface area contributed by atoms with Gasteiger partial charge in [0, 0.05) is 39.2 Å². The molecule has 0 radical (unpaired) electrons. The van der Waals surface area contributed by atoms with Gasteiger partial charge in [-0.05, 0) is 69.8 Å². The van der Waals surface area contributed by atoms with E-state index in [1.807, 2.05) is 0 Å². The monoisotopic (exact) mass is 622 g/mol. The van der Waals surface area contributed by atoms with Crippen molar-refractivity contribution in [3.8, 4) is 39.8 Å². The molecule has 49 heavy (non-hydrogen) atoms. The van der Waals surface area contributed by atoms with Crippen LogP contribution in [0.5, 0.6) is 0 Å². The maximum Gasteiger partial charge on any atom is 0.0970 e. The average Bonchev–Trinajstić information content (AvgIpc) is 3.55. The second-order valence-corrected chi connectivity index (χ2v) is 12.7. The van der Waals surface area contributed by atoms with Gasteiger partial charge in [-0.2, -0.15) is 0 Å². The van der Waals surface area contributed by atoms with Crippen LogP contribution in [-0.4, -0.2) is 9.13 Å². The fraction of sp³-hybridized carbons (Fsp3) is 0.0213. The van der Waals surface area contributed by atoms with Crippen LogP contribution in [0.2, 0.25) is 0 Å². The highest BCUT2D eigenvalue weighted by atomic mass is 15.0. The standard InChI is InChI=1S/C47H30N2/c1-2-7-18-35(17-6-1)49-44-31-28-34-16-8-9-19-37(34)45(44)41-23-12-22-39(47(41)49)38-21-13-25-43-46(38)40-20-10-11-24-42(40)48(43)36-29-26-33(27-30-36)32-14-4-3-5-15-32/h1,3-6,8-17,19-31H,2H2. The summed E-state index contributed by atoms with van der Waals surface area (Å²) < 4.78 is 4.81. The predicted molar refractivity (Wildman–Crippen MR) is 208 cm³/mol. The normalized spacial score (nSPS) is 12.9. The Balaban J connectivity index is 1.29. The number of fused-ring (bicyclic) bond motifs is 8. The average molecular weight is 623 g/mol. The summed E-state index contributed by atoms with van der Waals surface area (Å²) in [6, 6.07) is 55.1. The van der Waals surface area contributed by atoms with E-state index < -0.39 is 0 Å². The van der Waals surface area contributed by atoms with Crippen LogP contribution in [0.15, 0.2) is 170 Å². The molecule has 9 aromatic rings. The van der Waals surface area contributed by atoms with Gasteiger partial charge in [0.05, 0.1) is 27.8 Å². The van der Waals surface area contributed by atoms with Gasteiger partial charge in [0.25, 0.3) is 0 Å². The molecule has 2 heterocycles. The number of nitrogens with zero attached hydrogens (tertiary/aromatic N) is 2. The lowest BCUT2D eigenvalue weighted by atomic mass is 9.96. The fourth-order valence-corrected chi connectivity index (χ4v) is 7.86. The smallest absolute Gasteiger partial charge is 0.0970 e. The van der Waals surface area contributed by atoms with E-state index in [4.69, 9.17) is 0 Å². The number of allylic oxidation sites excluding steroid dienone is 4. The van der Waals surface area contributed by atoms with Crippen molar-refractivity contribution < 1.29 is 0 Å². The molecule has 0 bridgehead atoms. The van der Waals surface area contributed by atoms with E-state index in [1.54, 1.807) is 0 Å². The maximum atomic E-state index is 3.51. The third-order valence-electron chi connectivity index (χ3n) is 9.96. The highest BCUT2D eigenvalue weighted by molar-refractivity contribution is 6.26. The molecule has 2 heteroatoms. The third-order valence-corrected chi connectivity index (χ3v) is 9.96. The van der Waals surface area contributed by atoms with Gasteiger partial charge in [0.15, 0.2) is 0 Å². The minimum atomic E-state index is 0.748. The zero-order valence-corrected chi connectivity index (χ0v) is 26.8. The maximum absolute atomic E-state index is 3.51. The first-order valence-electron chi connectivity index (χ1n) is 16.8. The van der Waals surface area contributed by atoms with Crippen LogP contribution in [0.3, 0.4) is 0 Å². The van der Waals surface area contributed by atoms with Crippen LogP contribution < -0.4 is 0 Å². The van der Waals surface area contributed by atoms with E-state index in [0.717, 1.165) is 17.8 Å². The van der Waals surface area contributed by atoms with Crippen molar-refractivity contribution in [1.29, 1.82) is 0 Å². The molecule has 0 saturated heterocycles. The quantitative estimate of drug-likeness (QED) is 0.173. The van der Waals surface area contributed by atoms with E-state index in [-0.39, 0.29) is 0 Å². The highest BCUT2D eigenvalue weighted by Gasteiger charge is 2.22. The van der Waals surface area contributed by atoms with E-state index in [0.29, 0.717) is 0 Å². The Kier molecular flexibility index (Phi) is 6.19. The summed E-state index contributed by atoms with van der Waals surface area (Å²) in [5.74, 6) is 6.88. The number of para-hydroxylation sites is 2. The molecular formula is C47H30N2. The van der Waals surface area contributed by atoms with E-state index in [9.17, 15) is 0 Å². The van der Waals surface area contributed by atoms with Gasteiger partial charge in [-0.1, -0.05) is 139 Å². The van der Waals surface area contributed by atoms with Crippen LogP contribution >= 0.6 is 0 Å². The minimum Gasteiger partial charge on any atom is -0.309 e. The lowest BCUT2D eigenvalue weighted by molar-refractivity contribution is 1.18. The third kappa shape index (κ3) is 4.23. The van der Waals surface area contributed by atoms with E-state index in [2.05, 4.69) is 191 Å². The Morgan fingerprint density at radius 2 is 1.16 bits per heavy atom. The number of rotatable bonds is 4. The van der Waals surface area contributed by atoms with Gasteiger partial charge in [-0.25, -0.2) is 0 Å². The lowest BCUT2D eigenvalue weighted by Gasteiger charge is -2.13. The van der Waals surface area contributed by atoms with Gasteiger partial charge in [-0.3, -0.25) is 0 Å². The molecule has 2 aromatic heterocycles. The Bertz CT molecular complexity index is 2880. The number of hydrogen-bond acceptors (Lipinski definition) is 0. The summed E-state index contributed by atoms with van der Waals surface area (Å²) in [6.07, 6.45) is 7.17. The summed E-state index contributed by atoms with van der Waals surface area (Å²) in [7, 11) is 0.